The van der Waals surface area contributed by atoms with Gasteiger partial charge in [-0.3, -0.25) is 0 Å². The zero-order chi connectivity index (χ0) is 13.4. The first-order valence-corrected chi connectivity index (χ1v) is 7.09. The van der Waals surface area contributed by atoms with Gasteiger partial charge >= 0.3 is 0 Å². The number of alkyl halides is 1. The molecule has 0 N–H and O–H groups in total. The van der Waals surface area contributed by atoms with Crippen molar-refractivity contribution in [2.75, 3.05) is 27.4 Å². The average molecular weight is 338 g/mol. The van der Waals surface area contributed by atoms with E-state index in [1.54, 1.807) is 14.2 Å². The second kappa shape index (κ2) is 8.62. The first kappa shape index (κ1) is 15.6. The van der Waals surface area contributed by atoms with Gasteiger partial charge in [-0.25, -0.2) is 0 Å². The SMILES string of the molecule is COCCCCOc1c(Br)cc(CCl)cc1OC. The van der Waals surface area contributed by atoms with Crippen molar-refractivity contribution in [3.8, 4) is 11.5 Å². The van der Waals surface area contributed by atoms with Crippen molar-refractivity contribution in [2.24, 2.45) is 0 Å². The summed E-state index contributed by atoms with van der Waals surface area (Å²) in [6, 6.07) is 3.84. The van der Waals surface area contributed by atoms with Crippen molar-refractivity contribution in [1.29, 1.82) is 0 Å². The Kier molecular flexibility index (Phi) is 7.47. The van der Waals surface area contributed by atoms with E-state index in [-0.39, 0.29) is 0 Å². The molecule has 0 radical (unpaired) electrons. The first-order chi connectivity index (χ1) is 8.72. The highest BCUT2D eigenvalue weighted by Crippen LogP contribution is 2.37. The van der Waals surface area contributed by atoms with Crippen LogP contribution >= 0.6 is 27.5 Å². The first-order valence-electron chi connectivity index (χ1n) is 5.77. The minimum atomic E-state index is 0.447. The van der Waals surface area contributed by atoms with Crippen molar-refractivity contribution >= 4 is 27.5 Å². The molecule has 1 rings (SSSR count). The lowest BCUT2D eigenvalue weighted by Crippen LogP contribution is -2.02. The summed E-state index contributed by atoms with van der Waals surface area (Å²) in [6.07, 6.45) is 1.93. The van der Waals surface area contributed by atoms with Crippen LogP contribution < -0.4 is 9.47 Å². The largest absolute Gasteiger partial charge is 0.493 e. The molecule has 102 valence electrons. The molecule has 0 aliphatic rings. The molecule has 0 saturated carbocycles. The van der Waals surface area contributed by atoms with Crippen molar-refractivity contribution in [2.45, 2.75) is 18.7 Å². The summed E-state index contributed by atoms with van der Waals surface area (Å²) >= 11 is 9.28. The Labute approximate surface area is 121 Å². The van der Waals surface area contributed by atoms with Crippen molar-refractivity contribution < 1.29 is 14.2 Å². The van der Waals surface area contributed by atoms with E-state index in [0.717, 1.165) is 35.2 Å². The molecule has 3 nitrogen and oxygen atoms in total. The van der Waals surface area contributed by atoms with Gasteiger partial charge in [0.05, 0.1) is 18.2 Å². The van der Waals surface area contributed by atoms with E-state index in [4.69, 9.17) is 25.8 Å². The number of unbranched alkanes of at least 4 members (excludes halogenated alkanes) is 1. The molecule has 0 aromatic heterocycles. The highest BCUT2D eigenvalue weighted by molar-refractivity contribution is 9.10. The van der Waals surface area contributed by atoms with Gasteiger partial charge in [0.15, 0.2) is 11.5 Å². The standard InChI is InChI=1S/C13H18BrClO3/c1-16-5-3-4-6-18-13-11(14)7-10(9-15)8-12(13)17-2/h7-8H,3-6,9H2,1-2H3. The van der Waals surface area contributed by atoms with E-state index in [1.807, 2.05) is 12.1 Å². The molecule has 0 unspecified atom stereocenters. The molecule has 0 bridgehead atoms. The van der Waals surface area contributed by atoms with Crippen LogP contribution in [-0.2, 0) is 10.6 Å². The monoisotopic (exact) mass is 336 g/mol. The Morgan fingerprint density at radius 2 is 1.89 bits per heavy atom. The topological polar surface area (TPSA) is 27.7 Å². The van der Waals surface area contributed by atoms with Gasteiger partial charge in [0.2, 0.25) is 0 Å². The highest BCUT2D eigenvalue weighted by atomic mass is 79.9. The molecule has 0 saturated heterocycles. The fraction of sp³-hybridized carbons (Fsp3) is 0.538. The zero-order valence-electron chi connectivity index (χ0n) is 10.7. The van der Waals surface area contributed by atoms with Crippen LogP contribution in [0.25, 0.3) is 0 Å². The maximum Gasteiger partial charge on any atom is 0.175 e. The lowest BCUT2D eigenvalue weighted by atomic mass is 10.2. The summed E-state index contributed by atoms with van der Waals surface area (Å²) in [5.41, 5.74) is 0.993. The summed E-state index contributed by atoms with van der Waals surface area (Å²) in [7, 11) is 3.32. The number of methoxy groups -OCH3 is 2. The van der Waals surface area contributed by atoms with Crippen LogP contribution in [0.4, 0.5) is 0 Å². The minimum Gasteiger partial charge on any atom is -0.493 e. The second-order valence-electron chi connectivity index (χ2n) is 3.79. The molecule has 0 heterocycles. The van der Waals surface area contributed by atoms with Crippen molar-refractivity contribution in [1.82, 2.24) is 0 Å². The van der Waals surface area contributed by atoms with Crippen LogP contribution in [0, 0.1) is 0 Å². The number of ether oxygens (including phenoxy) is 3. The third-order valence-electron chi connectivity index (χ3n) is 2.43. The molecule has 0 spiro atoms. The number of benzene rings is 1. The van der Waals surface area contributed by atoms with E-state index in [2.05, 4.69) is 15.9 Å². The normalized spacial score (nSPS) is 10.4. The molecule has 0 fully saturated rings. The van der Waals surface area contributed by atoms with Crippen molar-refractivity contribution in [3.05, 3.63) is 22.2 Å². The van der Waals surface area contributed by atoms with Gasteiger partial charge in [-0.1, -0.05) is 0 Å². The summed E-state index contributed by atoms with van der Waals surface area (Å²) in [6.45, 7) is 1.39. The van der Waals surface area contributed by atoms with E-state index in [0.29, 0.717) is 18.2 Å². The van der Waals surface area contributed by atoms with Crippen LogP contribution in [0.2, 0.25) is 0 Å². The minimum absolute atomic E-state index is 0.447. The van der Waals surface area contributed by atoms with Crippen LogP contribution in [0.1, 0.15) is 18.4 Å². The second-order valence-corrected chi connectivity index (χ2v) is 4.91. The van der Waals surface area contributed by atoms with Crippen molar-refractivity contribution in [3.63, 3.8) is 0 Å². The Morgan fingerprint density at radius 3 is 2.50 bits per heavy atom. The summed E-state index contributed by atoms with van der Waals surface area (Å²) in [5.74, 6) is 1.87. The number of halogens is 2. The van der Waals surface area contributed by atoms with Crippen LogP contribution in [0.15, 0.2) is 16.6 Å². The van der Waals surface area contributed by atoms with Crippen LogP contribution in [0.5, 0.6) is 11.5 Å². The quantitative estimate of drug-likeness (QED) is 0.530. The molecular formula is C13H18BrClO3. The Morgan fingerprint density at radius 1 is 1.17 bits per heavy atom. The Balaban J connectivity index is 2.63. The molecule has 0 aliphatic carbocycles. The van der Waals surface area contributed by atoms with E-state index >= 15 is 0 Å². The molecule has 0 aliphatic heterocycles. The third-order valence-corrected chi connectivity index (χ3v) is 3.33. The van der Waals surface area contributed by atoms with Gasteiger partial charge < -0.3 is 14.2 Å². The Hall–Kier alpha value is -0.450. The van der Waals surface area contributed by atoms with Crippen LogP contribution in [0.3, 0.4) is 0 Å². The summed E-state index contributed by atoms with van der Waals surface area (Å²) in [4.78, 5) is 0. The number of hydrogen-bond acceptors (Lipinski definition) is 3. The summed E-state index contributed by atoms with van der Waals surface area (Å²) in [5, 5.41) is 0. The summed E-state index contributed by atoms with van der Waals surface area (Å²) < 4.78 is 16.9. The lowest BCUT2D eigenvalue weighted by molar-refractivity contribution is 0.183. The number of hydrogen-bond donors (Lipinski definition) is 0. The lowest BCUT2D eigenvalue weighted by Gasteiger charge is -2.13. The van der Waals surface area contributed by atoms with Gasteiger partial charge in [0.25, 0.3) is 0 Å². The maximum absolute atomic E-state index is 5.81. The fourth-order valence-electron chi connectivity index (χ4n) is 1.51. The van der Waals surface area contributed by atoms with Gasteiger partial charge in [-0.05, 0) is 46.5 Å². The van der Waals surface area contributed by atoms with Crippen LogP contribution in [-0.4, -0.2) is 27.4 Å². The highest BCUT2D eigenvalue weighted by Gasteiger charge is 2.11. The molecule has 1 aromatic carbocycles. The van der Waals surface area contributed by atoms with Gasteiger partial charge in [0.1, 0.15) is 0 Å². The van der Waals surface area contributed by atoms with Gasteiger partial charge in [-0.2, -0.15) is 0 Å². The third kappa shape index (κ3) is 4.67. The molecule has 0 atom stereocenters. The predicted octanol–water partition coefficient (Wildman–Crippen LogP) is 4.00. The smallest absolute Gasteiger partial charge is 0.175 e. The van der Waals surface area contributed by atoms with E-state index in [9.17, 15) is 0 Å². The predicted molar refractivity (Wildman–Crippen MR) is 76.9 cm³/mol. The zero-order valence-corrected chi connectivity index (χ0v) is 13.0. The van der Waals surface area contributed by atoms with Gasteiger partial charge in [-0.15, -0.1) is 11.6 Å². The van der Waals surface area contributed by atoms with Gasteiger partial charge in [0, 0.05) is 19.6 Å². The molecule has 1 aromatic rings. The Bertz CT molecular complexity index is 371. The maximum atomic E-state index is 5.81. The molecule has 5 heteroatoms. The van der Waals surface area contributed by atoms with E-state index in [1.165, 1.54) is 0 Å². The fourth-order valence-corrected chi connectivity index (χ4v) is 2.27. The molecule has 0 amide bonds. The molecule has 18 heavy (non-hydrogen) atoms. The molecular weight excluding hydrogens is 319 g/mol. The number of rotatable bonds is 8. The average Bonchev–Trinajstić information content (AvgIpc) is 2.39. The van der Waals surface area contributed by atoms with E-state index < -0.39 is 0 Å².